The van der Waals surface area contributed by atoms with Gasteiger partial charge in [0, 0.05) is 12.2 Å². The molecule has 1 aliphatic rings. The molecule has 0 amide bonds. The number of anilines is 1. The quantitative estimate of drug-likeness (QED) is 0.787. The zero-order valence-electron chi connectivity index (χ0n) is 8.23. The van der Waals surface area contributed by atoms with Crippen LogP contribution in [0.3, 0.4) is 0 Å². The summed E-state index contributed by atoms with van der Waals surface area (Å²) in [6.45, 7) is 0.305. The van der Waals surface area contributed by atoms with Gasteiger partial charge >= 0.3 is 0 Å². The summed E-state index contributed by atoms with van der Waals surface area (Å²) in [6.07, 6.45) is 4.18. The molecule has 1 fully saturated rings. The fraction of sp³-hybridized carbons (Fsp3) is 0.400. The SMILES string of the molecule is NCc1nc2c(NC3CC3)ccnc2o1. The largest absolute Gasteiger partial charge is 0.421 e. The minimum atomic E-state index is 0.305. The summed E-state index contributed by atoms with van der Waals surface area (Å²) >= 11 is 0. The average Bonchev–Trinajstić information content (AvgIpc) is 2.96. The summed E-state index contributed by atoms with van der Waals surface area (Å²) in [5.74, 6) is 0.530. The lowest BCUT2D eigenvalue weighted by atomic mass is 10.3. The fourth-order valence-corrected chi connectivity index (χ4v) is 1.53. The van der Waals surface area contributed by atoms with Crippen LogP contribution in [0.4, 0.5) is 5.69 Å². The van der Waals surface area contributed by atoms with Crippen LogP contribution in [-0.2, 0) is 6.54 Å². The number of nitrogens with zero attached hydrogens (tertiary/aromatic N) is 2. The third kappa shape index (κ3) is 1.55. The van der Waals surface area contributed by atoms with E-state index in [1.807, 2.05) is 6.07 Å². The van der Waals surface area contributed by atoms with E-state index in [4.69, 9.17) is 10.2 Å². The van der Waals surface area contributed by atoms with E-state index >= 15 is 0 Å². The van der Waals surface area contributed by atoms with Crippen LogP contribution < -0.4 is 11.1 Å². The van der Waals surface area contributed by atoms with Gasteiger partial charge in [0.2, 0.25) is 11.6 Å². The lowest BCUT2D eigenvalue weighted by Gasteiger charge is -2.02. The molecule has 0 atom stereocenters. The van der Waals surface area contributed by atoms with Crippen molar-refractivity contribution in [2.45, 2.75) is 25.4 Å². The molecule has 0 aliphatic heterocycles. The standard InChI is InChI=1S/C10H12N4O/c11-5-8-14-9-7(13-6-1-2-6)3-4-12-10(9)15-8/h3-4,6H,1-2,5,11H2,(H,12,13). The summed E-state index contributed by atoms with van der Waals surface area (Å²) < 4.78 is 5.37. The van der Waals surface area contributed by atoms with Crippen LogP contribution in [0.2, 0.25) is 0 Å². The molecule has 0 bridgehead atoms. The Morgan fingerprint density at radius 3 is 3.13 bits per heavy atom. The van der Waals surface area contributed by atoms with E-state index in [0.29, 0.717) is 24.2 Å². The highest BCUT2D eigenvalue weighted by Gasteiger charge is 2.22. The van der Waals surface area contributed by atoms with Gasteiger partial charge in [-0.3, -0.25) is 0 Å². The van der Waals surface area contributed by atoms with Gasteiger partial charge in [-0.25, -0.2) is 9.97 Å². The fourth-order valence-electron chi connectivity index (χ4n) is 1.53. The van der Waals surface area contributed by atoms with Gasteiger partial charge in [0.15, 0.2) is 5.52 Å². The van der Waals surface area contributed by atoms with Gasteiger partial charge in [-0.05, 0) is 18.9 Å². The van der Waals surface area contributed by atoms with Gasteiger partial charge in [-0.15, -0.1) is 0 Å². The first-order chi connectivity index (χ1) is 7.36. The molecule has 0 saturated heterocycles. The molecule has 0 radical (unpaired) electrons. The van der Waals surface area contributed by atoms with Crippen LogP contribution in [0, 0.1) is 0 Å². The van der Waals surface area contributed by atoms with Gasteiger partial charge in [-0.2, -0.15) is 0 Å². The maximum absolute atomic E-state index is 5.47. The smallest absolute Gasteiger partial charge is 0.249 e. The van der Waals surface area contributed by atoms with Crippen molar-refractivity contribution in [2.75, 3.05) is 5.32 Å². The zero-order chi connectivity index (χ0) is 10.3. The molecule has 15 heavy (non-hydrogen) atoms. The maximum Gasteiger partial charge on any atom is 0.249 e. The van der Waals surface area contributed by atoms with E-state index in [2.05, 4.69) is 15.3 Å². The van der Waals surface area contributed by atoms with Crippen LogP contribution in [0.1, 0.15) is 18.7 Å². The molecule has 1 saturated carbocycles. The number of hydrogen-bond acceptors (Lipinski definition) is 5. The molecule has 5 nitrogen and oxygen atoms in total. The van der Waals surface area contributed by atoms with Crippen molar-refractivity contribution in [3.05, 3.63) is 18.2 Å². The van der Waals surface area contributed by atoms with Gasteiger partial charge in [-0.1, -0.05) is 0 Å². The molecule has 0 spiro atoms. The van der Waals surface area contributed by atoms with Crippen molar-refractivity contribution < 1.29 is 4.42 Å². The number of fused-ring (bicyclic) bond motifs is 1. The van der Waals surface area contributed by atoms with Crippen molar-refractivity contribution in [1.29, 1.82) is 0 Å². The lowest BCUT2D eigenvalue weighted by Crippen LogP contribution is -2.01. The number of nitrogens with one attached hydrogen (secondary N) is 1. The van der Waals surface area contributed by atoms with E-state index in [1.165, 1.54) is 12.8 Å². The minimum absolute atomic E-state index is 0.305. The summed E-state index contributed by atoms with van der Waals surface area (Å²) in [6, 6.07) is 2.51. The Bertz CT molecular complexity index is 489. The first-order valence-electron chi connectivity index (χ1n) is 5.08. The predicted octanol–water partition coefficient (Wildman–Crippen LogP) is 1.26. The van der Waals surface area contributed by atoms with Crippen molar-refractivity contribution in [3.8, 4) is 0 Å². The van der Waals surface area contributed by atoms with Crippen LogP contribution in [0.5, 0.6) is 0 Å². The van der Waals surface area contributed by atoms with E-state index in [-0.39, 0.29) is 0 Å². The molecular weight excluding hydrogens is 192 g/mol. The highest BCUT2D eigenvalue weighted by atomic mass is 16.4. The zero-order valence-corrected chi connectivity index (χ0v) is 8.23. The number of nitrogens with two attached hydrogens (primary N) is 1. The number of rotatable bonds is 3. The number of pyridine rings is 1. The Morgan fingerprint density at radius 1 is 1.53 bits per heavy atom. The lowest BCUT2D eigenvalue weighted by molar-refractivity contribution is 0.525. The van der Waals surface area contributed by atoms with E-state index in [0.717, 1.165) is 11.2 Å². The normalized spacial score (nSPS) is 15.8. The highest BCUT2D eigenvalue weighted by Crippen LogP contribution is 2.28. The summed E-state index contributed by atoms with van der Waals surface area (Å²) in [5.41, 5.74) is 7.80. The van der Waals surface area contributed by atoms with Crippen molar-refractivity contribution >= 4 is 16.9 Å². The van der Waals surface area contributed by atoms with Gasteiger partial charge in [0.05, 0.1) is 12.2 Å². The Kier molecular flexibility index (Phi) is 1.85. The van der Waals surface area contributed by atoms with Gasteiger partial charge in [0.1, 0.15) is 0 Å². The third-order valence-corrected chi connectivity index (χ3v) is 2.45. The van der Waals surface area contributed by atoms with E-state index < -0.39 is 0 Å². The molecule has 1 aliphatic carbocycles. The second kappa shape index (κ2) is 3.20. The summed E-state index contributed by atoms with van der Waals surface area (Å²) in [7, 11) is 0. The molecule has 78 valence electrons. The summed E-state index contributed by atoms with van der Waals surface area (Å²) in [4.78, 5) is 8.41. The van der Waals surface area contributed by atoms with Crippen molar-refractivity contribution in [3.63, 3.8) is 0 Å². The third-order valence-electron chi connectivity index (χ3n) is 2.45. The highest BCUT2D eigenvalue weighted by molar-refractivity contribution is 5.84. The molecular formula is C10H12N4O. The molecule has 2 aromatic rings. The maximum atomic E-state index is 5.47. The molecule has 0 unspecified atom stereocenters. The van der Waals surface area contributed by atoms with Crippen molar-refractivity contribution in [2.24, 2.45) is 5.73 Å². The number of hydrogen-bond donors (Lipinski definition) is 2. The molecule has 0 aromatic carbocycles. The summed E-state index contributed by atoms with van der Waals surface area (Å²) in [5, 5.41) is 3.39. The molecule has 3 rings (SSSR count). The van der Waals surface area contributed by atoms with Gasteiger partial charge < -0.3 is 15.5 Å². The molecule has 2 heterocycles. The number of aromatic nitrogens is 2. The van der Waals surface area contributed by atoms with Crippen LogP contribution in [0.25, 0.3) is 11.2 Å². The van der Waals surface area contributed by atoms with E-state index in [1.54, 1.807) is 6.20 Å². The predicted molar refractivity (Wildman–Crippen MR) is 56.3 cm³/mol. The molecule has 2 aromatic heterocycles. The van der Waals surface area contributed by atoms with E-state index in [9.17, 15) is 0 Å². The first kappa shape index (κ1) is 8.67. The van der Waals surface area contributed by atoms with Crippen molar-refractivity contribution in [1.82, 2.24) is 9.97 Å². The molecule has 3 N–H and O–H groups in total. The van der Waals surface area contributed by atoms with Crippen LogP contribution in [-0.4, -0.2) is 16.0 Å². The Balaban J connectivity index is 2.06. The second-order valence-corrected chi connectivity index (χ2v) is 3.74. The Hall–Kier alpha value is -1.62. The average molecular weight is 204 g/mol. The van der Waals surface area contributed by atoms with Gasteiger partial charge in [0.25, 0.3) is 0 Å². The minimum Gasteiger partial charge on any atom is -0.421 e. The van der Waals surface area contributed by atoms with Crippen LogP contribution >= 0.6 is 0 Å². The number of oxazole rings is 1. The Morgan fingerprint density at radius 2 is 2.40 bits per heavy atom. The molecule has 5 heteroatoms. The van der Waals surface area contributed by atoms with Crippen LogP contribution in [0.15, 0.2) is 16.7 Å². The Labute approximate surface area is 86.7 Å². The second-order valence-electron chi connectivity index (χ2n) is 3.74. The monoisotopic (exact) mass is 204 g/mol. The topological polar surface area (TPSA) is 77.0 Å². The first-order valence-corrected chi connectivity index (χ1v) is 5.08.